The predicted molar refractivity (Wildman–Crippen MR) is 111 cm³/mol. The van der Waals surface area contributed by atoms with Gasteiger partial charge in [-0.2, -0.15) is 0 Å². The molecule has 1 saturated heterocycles. The van der Waals surface area contributed by atoms with E-state index in [1.165, 1.54) is 17.7 Å². The number of carbonyl (C=O) groups is 1. The van der Waals surface area contributed by atoms with Crippen molar-refractivity contribution in [2.75, 3.05) is 42.9 Å². The van der Waals surface area contributed by atoms with Gasteiger partial charge in [0, 0.05) is 49.0 Å². The van der Waals surface area contributed by atoms with Crippen LogP contribution in [-0.4, -0.2) is 48.5 Å². The second-order valence-corrected chi connectivity index (χ2v) is 7.43. The number of benzene rings is 2. The third-order valence-corrected chi connectivity index (χ3v) is 5.19. The highest BCUT2D eigenvalue weighted by Crippen LogP contribution is 2.25. The van der Waals surface area contributed by atoms with Gasteiger partial charge in [-0.25, -0.2) is 0 Å². The second-order valence-electron chi connectivity index (χ2n) is 7.00. The molecule has 1 aliphatic heterocycles. The van der Waals surface area contributed by atoms with Crippen LogP contribution < -0.4 is 10.2 Å². The van der Waals surface area contributed by atoms with E-state index in [4.69, 9.17) is 11.6 Å². The highest BCUT2D eigenvalue weighted by molar-refractivity contribution is 6.30. The first-order valence-electron chi connectivity index (χ1n) is 9.12. The summed E-state index contributed by atoms with van der Waals surface area (Å²) in [7, 11) is 0. The molecule has 148 valence electrons. The SMILES string of the molecule is Cc1ccc([N+](=O)[O-])cc1NC(=O)CN1CCN(c2cc(Cl)ccc2C)CC1. The lowest BCUT2D eigenvalue weighted by Gasteiger charge is -2.36. The molecule has 1 aliphatic rings. The molecule has 0 spiro atoms. The average molecular weight is 403 g/mol. The van der Waals surface area contributed by atoms with E-state index in [9.17, 15) is 14.9 Å². The van der Waals surface area contributed by atoms with Gasteiger partial charge in [-0.05, 0) is 37.1 Å². The topological polar surface area (TPSA) is 78.7 Å². The molecule has 2 aromatic carbocycles. The van der Waals surface area contributed by atoms with Crippen molar-refractivity contribution in [3.63, 3.8) is 0 Å². The maximum atomic E-state index is 12.4. The molecule has 1 fully saturated rings. The van der Waals surface area contributed by atoms with Crippen molar-refractivity contribution in [3.05, 3.63) is 62.7 Å². The van der Waals surface area contributed by atoms with Crippen molar-refractivity contribution in [1.82, 2.24) is 4.90 Å². The van der Waals surface area contributed by atoms with Crippen LogP contribution in [0.3, 0.4) is 0 Å². The Morgan fingerprint density at radius 2 is 1.79 bits per heavy atom. The summed E-state index contributed by atoms with van der Waals surface area (Å²) in [5.41, 5.74) is 3.54. The van der Waals surface area contributed by atoms with Crippen molar-refractivity contribution < 1.29 is 9.72 Å². The van der Waals surface area contributed by atoms with E-state index in [1.807, 2.05) is 25.1 Å². The molecule has 0 bridgehead atoms. The van der Waals surface area contributed by atoms with Crippen molar-refractivity contribution in [2.45, 2.75) is 13.8 Å². The summed E-state index contributed by atoms with van der Waals surface area (Å²) >= 11 is 6.12. The largest absolute Gasteiger partial charge is 0.369 e. The van der Waals surface area contributed by atoms with Crippen LogP contribution in [0.2, 0.25) is 5.02 Å². The molecule has 0 radical (unpaired) electrons. The zero-order valence-corrected chi connectivity index (χ0v) is 16.7. The summed E-state index contributed by atoms with van der Waals surface area (Å²) in [5.74, 6) is -0.170. The number of halogens is 1. The first-order chi connectivity index (χ1) is 13.3. The van der Waals surface area contributed by atoms with E-state index in [0.717, 1.165) is 42.5 Å². The molecule has 8 heteroatoms. The van der Waals surface area contributed by atoms with E-state index in [2.05, 4.69) is 22.0 Å². The number of nitrogens with zero attached hydrogens (tertiary/aromatic N) is 3. The third-order valence-electron chi connectivity index (χ3n) is 4.96. The van der Waals surface area contributed by atoms with E-state index >= 15 is 0 Å². The van der Waals surface area contributed by atoms with Crippen molar-refractivity contribution in [2.24, 2.45) is 0 Å². The number of carbonyl (C=O) groups excluding carboxylic acids is 1. The van der Waals surface area contributed by atoms with E-state index in [0.29, 0.717) is 5.69 Å². The molecular weight excluding hydrogens is 380 g/mol. The van der Waals surface area contributed by atoms with E-state index < -0.39 is 4.92 Å². The minimum Gasteiger partial charge on any atom is -0.369 e. The molecule has 1 heterocycles. The highest BCUT2D eigenvalue weighted by Gasteiger charge is 2.21. The van der Waals surface area contributed by atoms with Crippen molar-refractivity contribution in [3.8, 4) is 0 Å². The number of amides is 1. The first-order valence-corrected chi connectivity index (χ1v) is 9.49. The van der Waals surface area contributed by atoms with E-state index in [1.54, 1.807) is 6.07 Å². The van der Waals surface area contributed by atoms with E-state index in [-0.39, 0.29) is 18.1 Å². The molecule has 3 rings (SSSR count). The lowest BCUT2D eigenvalue weighted by molar-refractivity contribution is -0.384. The van der Waals surface area contributed by atoms with Crippen LogP contribution >= 0.6 is 11.6 Å². The van der Waals surface area contributed by atoms with Gasteiger partial charge in [-0.15, -0.1) is 0 Å². The minimum atomic E-state index is -0.466. The smallest absolute Gasteiger partial charge is 0.271 e. The summed E-state index contributed by atoms with van der Waals surface area (Å²) in [6.07, 6.45) is 0. The molecule has 28 heavy (non-hydrogen) atoms. The Balaban J connectivity index is 1.56. The van der Waals surface area contributed by atoms with Crippen LogP contribution in [0.4, 0.5) is 17.1 Å². The second kappa shape index (κ2) is 8.58. The number of anilines is 2. The fourth-order valence-corrected chi connectivity index (χ4v) is 3.49. The maximum Gasteiger partial charge on any atom is 0.271 e. The Hall–Kier alpha value is -2.64. The summed E-state index contributed by atoms with van der Waals surface area (Å²) < 4.78 is 0. The quantitative estimate of drug-likeness (QED) is 0.610. The number of nitrogens with one attached hydrogen (secondary N) is 1. The van der Waals surface area contributed by atoms with Crippen molar-refractivity contribution >= 4 is 34.6 Å². The number of hydrogen-bond acceptors (Lipinski definition) is 5. The molecule has 0 aliphatic carbocycles. The molecular formula is C20H23ClN4O3. The minimum absolute atomic E-state index is 0.0357. The van der Waals surface area contributed by atoms with Crippen LogP contribution in [-0.2, 0) is 4.79 Å². The highest BCUT2D eigenvalue weighted by atomic mass is 35.5. The van der Waals surface area contributed by atoms with Crippen LogP contribution in [0.15, 0.2) is 36.4 Å². The van der Waals surface area contributed by atoms with Gasteiger partial charge in [0.2, 0.25) is 5.91 Å². The molecule has 0 atom stereocenters. The number of rotatable bonds is 5. The zero-order valence-electron chi connectivity index (χ0n) is 15.9. The van der Waals surface area contributed by atoms with Crippen LogP contribution in [0.5, 0.6) is 0 Å². The van der Waals surface area contributed by atoms with Crippen molar-refractivity contribution in [1.29, 1.82) is 0 Å². The van der Waals surface area contributed by atoms with Crippen LogP contribution in [0, 0.1) is 24.0 Å². The van der Waals surface area contributed by atoms with Gasteiger partial charge < -0.3 is 10.2 Å². The Morgan fingerprint density at radius 3 is 2.46 bits per heavy atom. The number of nitro benzene ring substituents is 1. The summed E-state index contributed by atoms with van der Waals surface area (Å²) in [5, 5.41) is 14.4. The van der Waals surface area contributed by atoms with Gasteiger partial charge in [-0.1, -0.05) is 23.7 Å². The Bertz CT molecular complexity index is 895. The maximum absolute atomic E-state index is 12.4. The number of hydrogen-bond donors (Lipinski definition) is 1. The normalized spacial score (nSPS) is 14.8. The summed E-state index contributed by atoms with van der Waals surface area (Å²) in [6, 6.07) is 10.3. The fraction of sp³-hybridized carbons (Fsp3) is 0.350. The molecule has 0 aromatic heterocycles. The molecule has 2 aromatic rings. The van der Waals surface area contributed by atoms with Gasteiger partial charge in [0.25, 0.3) is 5.69 Å². The average Bonchev–Trinajstić information content (AvgIpc) is 2.66. The van der Waals surface area contributed by atoms with Gasteiger partial charge in [0.15, 0.2) is 0 Å². The van der Waals surface area contributed by atoms with Gasteiger partial charge >= 0.3 is 0 Å². The summed E-state index contributed by atoms with van der Waals surface area (Å²) in [4.78, 5) is 27.2. The summed E-state index contributed by atoms with van der Waals surface area (Å²) in [6.45, 7) is 7.26. The molecule has 1 amide bonds. The Kier molecular flexibility index (Phi) is 6.16. The molecule has 0 unspecified atom stereocenters. The Labute approximate surface area is 169 Å². The standard InChI is InChI=1S/C20H23ClN4O3/c1-14-4-6-17(25(27)28)12-18(14)22-20(26)13-23-7-9-24(10-8-23)19-11-16(21)5-3-15(19)2/h3-6,11-12H,7-10,13H2,1-2H3,(H,22,26). The first kappa shape index (κ1) is 20.1. The monoisotopic (exact) mass is 402 g/mol. The molecule has 0 saturated carbocycles. The number of nitro groups is 1. The Morgan fingerprint density at radius 1 is 1.11 bits per heavy atom. The third kappa shape index (κ3) is 4.79. The van der Waals surface area contributed by atoms with Crippen LogP contribution in [0.25, 0.3) is 0 Å². The number of non-ortho nitro benzene ring substituents is 1. The van der Waals surface area contributed by atoms with Gasteiger partial charge in [0.1, 0.15) is 0 Å². The number of piperazine rings is 1. The predicted octanol–water partition coefficient (Wildman–Crippen LogP) is 3.63. The zero-order chi connectivity index (χ0) is 20.3. The lowest BCUT2D eigenvalue weighted by Crippen LogP contribution is -2.48. The molecule has 1 N–H and O–H groups in total. The molecule has 7 nitrogen and oxygen atoms in total. The number of aryl methyl sites for hydroxylation is 2. The van der Waals surface area contributed by atoms with Gasteiger partial charge in [0.05, 0.1) is 17.2 Å². The fourth-order valence-electron chi connectivity index (χ4n) is 3.32. The lowest BCUT2D eigenvalue weighted by atomic mass is 10.1. The van der Waals surface area contributed by atoms with Crippen LogP contribution in [0.1, 0.15) is 11.1 Å². The van der Waals surface area contributed by atoms with Gasteiger partial charge in [-0.3, -0.25) is 19.8 Å².